The van der Waals surface area contributed by atoms with Crippen LogP contribution in [0.4, 0.5) is 17.1 Å². The fourth-order valence-electron chi connectivity index (χ4n) is 9.13. The molecule has 0 fully saturated rings. The lowest BCUT2D eigenvalue weighted by Gasteiger charge is -2.26. The largest absolute Gasteiger partial charge is 0.455 e. The van der Waals surface area contributed by atoms with E-state index in [2.05, 4.69) is 217 Å². The maximum Gasteiger partial charge on any atom is 0.159 e. The van der Waals surface area contributed by atoms with Gasteiger partial charge in [-0.1, -0.05) is 182 Å². The van der Waals surface area contributed by atoms with Crippen LogP contribution in [-0.4, -0.2) is 0 Å². The lowest BCUT2D eigenvalue weighted by atomic mass is 9.94. The van der Waals surface area contributed by atoms with Crippen molar-refractivity contribution in [1.29, 1.82) is 0 Å². The molecule has 0 saturated heterocycles. The molecule has 286 valence electrons. The minimum atomic E-state index is 0.832. The first kappa shape index (κ1) is 34.9. The Labute approximate surface area is 353 Å². The Morgan fingerprint density at radius 2 is 0.803 bits per heavy atom. The van der Waals surface area contributed by atoms with Crippen LogP contribution in [0.1, 0.15) is 0 Å². The number of fused-ring (bicyclic) bond motifs is 7. The van der Waals surface area contributed by atoms with Crippen LogP contribution in [0.5, 0.6) is 0 Å². The third kappa shape index (κ3) is 5.90. The molecule has 0 spiro atoms. The first-order chi connectivity index (χ1) is 30.2. The average molecular weight is 780 g/mol. The number of hydrogen-bond donors (Lipinski definition) is 0. The molecule has 3 heteroatoms. The van der Waals surface area contributed by atoms with E-state index < -0.39 is 0 Å². The summed E-state index contributed by atoms with van der Waals surface area (Å²) in [6.45, 7) is 0. The van der Waals surface area contributed by atoms with Crippen molar-refractivity contribution in [2.24, 2.45) is 0 Å². The third-order valence-electron chi connectivity index (χ3n) is 12.1. The summed E-state index contributed by atoms with van der Waals surface area (Å²) in [5, 5.41) is 6.74. The van der Waals surface area contributed by atoms with Crippen molar-refractivity contribution >= 4 is 71.7 Å². The normalized spacial score (nSPS) is 11.6. The molecule has 2 heterocycles. The molecule has 0 aliphatic heterocycles. The molecule has 0 saturated carbocycles. The highest BCUT2D eigenvalue weighted by molar-refractivity contribution is 6.20. The van der Waals surface area contributed by atoms with Crippen LogP contribution < -0.4 is 4.90 Å². The zero-order valence-corrected chi connectivity index (χ0v) is 33.1. The first-order valence-electron chi connectivity index (χ1n) is 20.7. The minimum Gasteiger partial charge on any atom is -0.455 e. The molecule has 12 rings (SSSR count). The maximum atomic E-state index is 7.23. The Kier molecular flexibility index (Phi) is 8.17. The van der Waals surface area contributed by atoms with Gasteiger partial charge in [0.15, 0.2) is 5.58 Å². The molecule has 0 amide bonds. The molecule has 2 aromatic heterocycles. The van der Waals surface area contributed by atoms with Crippen LogP contribution in [0.25, 0.3) is 99.2 Å². The number of anilines is 3. The van der Waals surface area contributed by atoms with Crippen LogP contribution in [0, 0.1) is 0 Å². The monoisotopic (exact) mass is 779 g/mol. The molecule has 12 aromatic rings. The van der Waals surface area contributed by atoms with Gasteiger partial charge in [-0.05, 0) is 86.6 Å². The van der Waals surface area contributed by atoms with Gasteiger partial charge in [0.05, 0.1) is 5.69 Å². The fraction of sp³-hybridized carbons (Fsp3) is 0. The Bertz CT molecular complexity index is 3550. The number of furan rings is 2. The van der Waals surface area contributed by atoms with E-state index in [1.54, 1.807) is 0 Å². The summed E-state index contributed by atoms with van der Waals surface area (Å²) in [7, 11) is 0. The van der Waals surface area contributed by atoms with Gasteiger partial charge in [-0.25, -0.2) is 0 Å². The summed E-state index contributed by atoms with van der Waals surface area (Å²) < 4.78 is 13.7. The second-order valence-corrected chi connectivity index (χ2v) is 15.6. The van der Waals surface area contributed by atoms with Crippen molar-refractivity contribution in [2.45, 2.75) is 0 Å². The van der Waals surface area contributed by atoms with Gasteiger partial charge in [-0.15, -0.1) is 0 Å². The van der Waals surface area contributed by atoms with Gasteiger partial charge < -0.3 is 13.7 Å². The number of para-hydroxylation sites is 3. The van der Waals surface area contributed by atoms with Crippen LogP contribution in [0.2, 0.25) is 0 Å². The maximum absolute atomic E-state index is 7.23. The molecule has 0 unspecified atom stereocenters. The molecule has 0 atom stereocenters. The minimum absolute atomic E-state index is 0.832. The smallest absolute Gasteiger partial charge is 0.159 e. The van der Waals surface area contributed by atoms with E-state index in [1.807, 2.05) is 12.1 Å². The SMILES string of the molecule is c1ccc(-c2ccc(-c3c4ccccc4cc4c3oc3c(N(c5ccc(-c6ccccc6)cc5)c5ccc(-c6cccc7c6oc6ccccc67)cc5)cccc34)cc2)cc1. The fourth-order valence-corrected chi connectivity index (χ4v) is 9.13. The van der Waals surface area contributed by atoms with Crippen molar-refractivity contribution in [1.82, 2.24) is 0 Å². The Hall–Kier alpha value is -8.14. The number of hydrogen-bond acceptors (Lipinski definition) is 3. The highest BCUT2D eigenvalue weighted by atomic mass is 16.3. The van der Waals surface area contributed by atoms with Crippen LogP contribution >= 0.6 is 0 Å². The second kappa shape index (κ2) is 14.3. The number of rotatable bonds is 7. The summed E-state index contributed by atoms with van der Waals surface area (Å²) in [6, 6.07) is 79.7. The third-order valence-corrected chi connectivity index (χ3v) is 12.1. The van der Waals surface area contributed by atoms with E-state index in [9.17, 15) is 0 Å². The van der Waals surface area contributed by atoms with Crippen LogP contribution in [0.15, 0.2) is 233 Å². The van der Waals surface area contributed by atoms with E-state index in [0.717, 1.165) is 94.1 Å². The van der Waals surface area contributed by atoms with Gasteiger partial charge in [0, 0.05) is 44.0 Å². The topological polar surface area (TPSA) is 29.5 Å². The van der Waals surface area contributed by atoms with Gasteiger partial charge in [-0.3, -0.25) is 0 Å². The van der Waals surface area contributed by atoms with Gasteiger partial charge in [0.1, 0.15) is 16.7 Å². The van der Waals surface area contributed by atoms with Crippen molar-refractivity contribution in [3.63, 3.8) is 0 Å². The molecule has 0 bridgehead atoms. The van der Waals surface area contributed by atoms with Crippen LogP contribution in [0.3, 0.4) is 0 Å². The zero-order chi connectivity index (χ0) is 40.3. The number of benzene rings is 10. The molecule has 0 aliphatic rings. The van der Waals surface area contributed by atoms with Gasteiger partial charge in [0.2, 0.25) is 0 Å². The van der Waals surface area contributed by atoms with Crippen molar-refractivity contribution in [3.05, 3.63) is 224 Å². The molecule has 61 heavy (non-hydrogen) atoms. The van der Waals surface area contributed by atoms with E-state index >= 15 is 0 Å². The lowest BCUT2D eigenvalue weighted by Crippen LogP contribution is -2.10. The van der Waals surface area contributed by atoms with Crippen molar-refractivity contribution < 1.29 is 8.83 Å². The molecule has 3 nitrogen and oxygen atoms in total. The molecular weight excluding hydrogens is 743 g/mol. The predicted molar refractivity (Wildman–Crippen MR) is 255 cm³/mol. The Morgan fingerprint density at radius 3 is 1.49 bits per heavy atom. The van der Waals surface area contributed by atoms with Crippen LogP contribution in [-0.2, 0) is 0 Å². The first-order valence-corrected chi connectivity index (χ1v) is 20.7. The Morgan fingerprint density at radius 1 is 0.295 bits per heavy atom. The molecule has 0 N–H and O–H groups in total. The summed E-state index contributed by atoms with van der Waals surface area (Å²) in [4.78, 5) is 2.32. The van der Waals surface area contributed by atoms with Gasteiger partial charge >= 0.3 is 0 Å². The highest BCUT2D eigenvalue weighted by Gasteiger charge is 2.23. The summed E-state index contributed by atoms with van der Waals surface area (Å²) in [6.07, 6.45) is 0. The quantitative estimate of drug-likeness (QED) is 0.161. The average Bonchev–Trinajstić information content (AvgIpc) is 3.91. The predicted octanol–water partition coefficient (Wildman–Crippen LogP) is 16.8. The Balaban J connectivity index is 1.04. The number of nitrogens with zero attached hydrogens (tertiary/aromatic N) is 1. The van der Waals surface area contributed by atoms with Gasteiger partial charge in [0.25, 0.3) is 0 Å². The summed E-state index contributed by atoms with van der Waals surface area (Å²) in [5.74, 6) is 0. The standard InChI is InChI=1S/C58H37NO2/c1-3-13-38(14-4-1)40-25-27-43(28-26-40)55-47-18-8-7-17-44(47)37-52-51-22-12-23-53(57(51)61-58(52)55)59(45-33-29-41(30-34-45)39-15-5-2-6-16-39)46-35-31-42(32-36-46)48-20-11-21-50-49-19-9-10-24-54(49)60-56(48)50/h1-37H. The van der Waals surface area contributed by atoms with Crippen molar-refractivity contribution in [3.8, 4) is 44.5 Å². The summed E-state index contributed by atoms with van der Waals surface area (Å²) >= 11 is 0. The highest BCUT2D eigenvalue weighted by Crippen LogP contribution is 2.47. The second-order valence-electron chi connectivity index (χ2n) is 15.6. The van der Waals surface area contributed by atoms with E-state index in [4.69, 9.17) is 8.83 Å². The summed E-state index contributed by atoms with van der Waals surface area (Å²) in [5.41, 5.74) is 15.6. The lowest BCUT2D eigenvalue weighted by molar-refractivity contribution is 0.670. The molecule has 0 aliphatic carbocycles. The molecule has 10 aromatic carbocycles. The molecular formula is C58H37NO2. The van der Waals surface area contributed by atoms with E-state index in [0.29, 0.717) is 0 Å². The zero-order valence-electron chi connectivity index (χ0n) is 33.1. The van der Waals surface area contributed by atoms with Crippen molar-refractivity contribution in [2.75, 3.05) is 4.90 Å². The molecule has 0 radical (unpaired) electrons. The van der Waals surface area contributed by atoms with E-state index in [1.165, 1.54) is 22.1 Å². The van der Waals surface area contributed by atoms with Gasteiger partial charge in [-0.2, -0.15) is 0 Å². The van der Waals surface area contributed by atoms with E-state index in [-0.39, 0.29) is 0 Å².